The summed E-state index contributed by atoms with van der Waals surface area (Å²) in [6.07, 6.45) is 0. The Morgan fingerprint density at radius 1 is 1.06 bits per heavy atom. The Morgan fingerprint density at radius 3 is 2.83 bits per heavy atom. The maximum Gasteiger partial charge on any atom is 0.161 e. The van der Waals surface area contributed by atoms with E-state index in [0.717, 1.165) is 38.7 Å². The van der Waals surface area contributed by atoms with Gasteiger partial charge in [0.15, 0.2) is 5.58 Å². The van der Waals surface area contributed by atoms with E-state index < -0.39 is 0 Å². The van der Waals surface area contributed by atoms with Crippen LogP contribution >= 0.6 is 0 Å². The molecule has 2 aromatic carbocycles. The second-order valence-corrected chi connectivity index (χ2v) is 4.34. The quantitative estimate of drug-likeness (QED) is 0.541. The Labute approximate surface area is 103 Å². The number of H-pyrrole nitrogens is 1. The first kappa shape index (κ1) is 9.59. The Hall–Kier alpha value is -2.42. The first-order valence-electron chi connectivity index (χ1n) is 5.84. The Kier molecular flexibility index (Phi) is 1.75. The van der Waals surface area contributed by atoms with E-state index in [2.05, 4.69) is 11.1 Å². The van der Waals surface area contributed by atoms with Crippen molar-refractivity contribution in [2.24, 2.45) is 0 Å². The normalized spacial score (nSPS) is 11.6. The first-order chi connectivity index (χ1) is 8.86. The molecule has 4 aromatic rings. The molecule has 0 bridgehead atoms. The van der Waals surface area contributed by atoms with Gasteiger partial charge in [0.1, 0.15) is 11.3 Å². The lowest BCUT2D eigenvalue weighted by atomic mass is 10.2. The summed E-state index contributed by atoms with van der Waals surface area (Å²) < 4.78 is 11.2. The summed E-state index contributed by atoms with van der Waals surface area (Å²) >= 11 is 0. The summed E-state index contributed by atoms with van der Waals surface area (Å²) in [4.78, 5) is 3.40. The highest BCUT2D eigenvalue weighted by Crippen LogP contribution is 2.35. The largest absolute Gasteiger partial charge is 0.497 e. The highest BCUT2D eigenvalue weighted by molar-refractivity contribution is 6.14. The molecule has 2 heterocycles. The monoisotopic (exact) mass is 237 g/mol. The van der Waals surface area contributed by atoms with Crippen LogP contribution in [0, 0.1) is 0 Å². The molecule has 0 unspecified atom stereocenters. The van der Waals surface area contributed by atoms with Crippen molar-refractivity contribution in [3.05, 3.63) is 42.5 Å². The second kappa shape index (κ2) is 3.29. The molecule has 0 radical (unpaired) electrons. The molecule has 0 aliphatic carbocycles. The standard InChI is InChI=1S/C15H11NO2/c1-17-9-6-7-12-11(8-9)15-14(16-12)10-4-2-3-5-13(10)18-15/h2-8,16H,1H3. The van der Waals surface area contributed by atoms with Crippen molar-refractivity contribution in [2.75, 3.05) is 7.11 Å². The van der Waals surface area contributed by atoms with Gasteiger partial charge in [-0.3, -0.25) is 0 Å². The van der Waals surface area contributed by atoms with Crippen LogP contribution < -0.4 is 4.74 Å². The molecule has 1 N–H and O–H groups in total. The number of ether oxygens (including phenoxy) is 1. The fourth-order valence-corrected chi connectivity index (χ4v) is 2.44. The molecule has 0 fully saturated rings. The van der Waals surface area contributed by atoms with Crippen molar-refractivity contribution in [3.63, 3.8) is 0 Å². The summed E-state index contributed by atoms with van der Waals surface area (Å²) in [5.41, 5.74) is 3.91. The predicted molar refractivity (Wildman–Crippen MR) is 72.1 cm³/mol. The van der Waals surface area contributed by atoms with E-state index in [1.807, 2.05) is 36.4 Å². The maximum absolute atomic E-state index is 5.92. The number of hydrogen-bond acceptors (Lipinski definition) is 2. The number of methoxy groups -OCH3 is 1. The second-order valence-electron chi connectivity index (χ2n) is 4.34. The number of fused-ring (bicyclic) bond motifs is 5. The topological polar surface area (TPSA) is 38.2 Å². The molecule has 3 nitrogen and oxygen atoms in total. The Bertz CT molecular complexity index is 870. The molecule has 0 atom stereocenters. The molecule has 3 heteroatoms. The zero-order chi connectivity index (χ0) is 12.1. The van der Waals surface area contributed by atoms with Crippen molar-refractivity contribution in [1.82, 2.24) is 4.98 Å². The van der Waals surface area contributed by atoms with E-state index in [1.165, 1.54) is 0 Å². The minimum Gasteiger partial charge on any atom is -0.497 e. The van der Waals surface area contributed by atoms with Gasteiger partial charge in [0, 0.05) is 16.3 Å². The predicted octanol–water partition coefficient (Wildman–Crippen LogP) is 4.08. The summed E-state index contributed by atoms with van der Waals surface area (Å²) in [5, 5.41) is 2.17. The van der Waals surface area contributed by atoms with Gasteiger partial charge in [0.2, 0.25) is 0 Å². The SMILES string of the molecule is COc1ccc2[nH]c3c4ccccc4oc3c2c1. The van der Waals surface area contributed by atoms with Gasteiger partial charge in [-0.2, -0.15) is 0 Å². The number of nitrogens with one attached hydrogen (secondary N) is 1. The molecule has 0 aliphatic rings. The third-order valence-electron chi connectivity index (χ3n) is 3.33. The van der Waals surface area contributed by atoms with Gasteiger partial charge in [-0.15, -0.1) is 0 Å². The molecule has 0 saturated carbocycles. The molecule has 88 valence electrons. The lowest BCUT2D eigenvalue weighted by molar-refractivity contribution is 0.415. The maximum atomic E-state index is 5.92. The number of benzene rings is 2. The van der Waals surface area contributed by atoms with Crippen LogP contribution in [0.4, 0.5) is 0 Å². The van der Waals surface area contributed by atoms with Gasteiger partial charge >= 0.3 is 0 Å². The highest BCUT2D eigenvalue weighted by Gasteiger charge is 2.12. The van der Waals surface area contributed by atoms with Crippen molar-refractivity contribution < 1.29 is 9.15 Å². The summed E-state index contributed by atoms with van der Waals surface area (Å²) in [6, 6.07) is 14.0. The van der Waals surface area contributed by atoms with Crippen LogP contribution in [0.25, 0.3) is 33.0 Å². The van der Waals surface area contributed by atoms with Crippen molar-refractivity contribution in [3.8, 4) is 5.75 Å². The summed E-state index contributed by atoms with van der Waals surface area (Å²) in [7, 11) is 1.67. The molecule has 0 aliphatic heterocycles. The number of aromatic nitrogens is 1. The van der Waals surface area contributed by atoms with Crippen LogP contribution in [0.1, 0.15) is 0 Å². The zero-order valence-electron chi connectivity index (χ0n) is 9.86. The van der Waals surface area contributed by atoms with Gasteiger partial charge in [0.25, 0.3) is 0 Å². The highest BCUT2D eigenvalue weighted by atomic mass is 16.5. The van der Waals surface area contributed by atoms with Crippen LogP contribution in [-0.2, 0) is 0 Å². The molecule has 0 spiro atoms. The molecule has 18 heavy (non-hydrogen) atoms. The minimum atomic E-state index is 0.837. The number of furan rings is 1. The van der Waals surface area contributed by atoms with Crippen LogP contribution in [0.5, 0.6) is 5.75 Å². The average Bonchev–Trinajstić information content (AvgIpc) is 2.94. The van der Waals surface area contributed by atoms with Gasteiger partial charge in [0.05, 0.1) is 12.6 Å². The Balaban J connectivity index is 2.21. The average molecular weight is 237 g/mol. The number of rotatable bonds is 1. The molecule has 2 aromatic heterocycles. The lowest BCUT2D eigenvalue weighted by Gasteiger charge is -1.98. The smallest absolute Gasteiger partial charge is 0.161 e. The molecule has 0 saturated heterocycles. The van der Waals surface area contributed by atoms with Gasteiger partial charge in [-0.25, -0.2) is 0 Å². The summed E-state index contributed by atoms with van der Waals surface area (Å²) in [5.74, 6) is 0.837. The zero-order valence-corrected chi connectivity index (χ0v) is 9.86. The molecule has 0 amide bonds. The number of aromatic amines is 1. The van der Waals surface area contributed by atoms with E-state index in [4.69, 9.17) is 9.15 Å². The fraction of sp³-hybridized carbons (Fsp3) is 0.0667. The minimum absolute atomic E-state index is 0.837. The molecular weight excluding hydrogens is 226 g/mol. The van der Waals surface area contributed by atoms with Crippen molar-refractivity contribution in [1.29, 1.82) is 0 Å². The fourth-order valence-electron chi connectivity index (χ4n) is 2.44. The third-order valence-corrected chi connectivity index (χ3v) is 3.33. The summed E-state index contributed by atoms with van der Waals surface area (Å²) in [6.45, 7) is 0. The lowest BCUT2D eigenvalue weighted by Crippen LogP contribution is -1.80. The van der Waals surface area contributed by atoms with Crippen LogP contribution in [0.2, 0.25) is 0 Å². The van der Waals surface area contributed by atoms with E-state index in [1.54, 1.807) is 7.11 Å². The van der Waals surface area contributed by atoms with Crippen molar-refractivity contribution in [2.45, 2.75) is 0 Å². The molecular formula is C15H11NO2. The first-order valence-corrected chi connectivity index (χ1v) is 5.84. The number of hydrogen-bond donors (Lipinski definition) is 1. The van der Waals surface area contributed by atoms with Gasteiger partial charge in [-0.1, -0.05) is 12.1 Å². The van der Waals surface area contributed by atoms with Gasteiger partial charge < -0.3 is 14.1 Å². The van der Waals surface area contributed by atoms with Gasteiger partial charge in [-0.05, 0) is 30.3 Å². The third kappa shape index (κ3) is 1.13. The van der Waals surface area contributed by atoms with E-state index in [9.17, 15) is 0 Å². The van der Waals surface area contributed by atoms with Crippen LogP contribution in [-0.4, -0.2) is 12.1 Å². The number of para-hydroxylation sites is 1. The van der Waals surface area contributed by atoms with E-state index in [0.29, 0.717) is 0 Å². The van der Waals surface area contributed by atoms with E-state index >= 15 is 0 Å². The Morgan fingerprint density at radius 2 is 1.94 bits per heavy atom. The molecule has 4 rings (SSSR count). The van der Waals surface area contributed by atoms with Crippen molar-refractivity contribution >= 4 is 33.0 Å². The van der Waals surface area contributed by atoms with E-state index in [-0.39, 0.29) is 0 Å². The van der Waals surface area contributed by atoms with Crippen LogP contribution in [0.15, 0.2) is 46.9 Å². The van der Waals surface area contributed by atoms with Crippen LogP contribution in [0.3, 0.4) is 0 Å².